The van der Waals surface area contributed by atoms with E-state index in [1.165, 1.54) is 11.1 Å². The first-order valence-corrected chi connectivity index (χ1v) is 5.67. The molecule has 0 unspecified atom stereocenters. The second-order valence-electron chi connectivity index (χ2n) is 3.40. The number of allylic oxidation sites excluding steroid dienone is 11. The molecule has 16 heavy (non-hydrogen) atoms. The van der Waals surface area contributed by atoms with Crippen LogP contribution in [0, 0.1) is 0 Å². The summed E-state index contributed by atoms with van der Waals surface area (Å²) in [6.07, 6.45) is 19.4. The fourth-order valence-corrected chi connectivity index (χ4v) is 1.20. The Morgan fingerprint density at radius 1 is 0.938 bits per heavy atom. The van der Waals surface area contributed by atoms with Gasteiger partial charge < -0.3 is 0 Å². The fraction of sp³-hybridized carbons (Fsp3) is 0.250. The van der Waals surface area contributed by atoms with Crippen LogP contribution in [0.3, 0.4) is 0 Å². The predicted molar refractivity (Wildman–Crippen MR) is 75.4 cm³/mol. The van der Waals surface area contributed by atoms with Crippen molar-refractivity contribution in [2.75, 3.05) is 0 Å². The van der Waals surface area contributed by atoms with E-state index in [0.717, 1.165) is 6.42 Å². The van der Waals surface area contributed by atoms with Crippen molar-refractivity contribution in [3.63, 3.8) is 0 Å². The Morgan fingerprint density at radius 2 is 1.62 bits per heavy atom. The van der Waals surface area contributed by atoms with Crippen molar-refractivity contribution < 1.29 is 0 Å². The Kier molecular flexibility index (Phi) is 9.00. The van der Waals surface area contributed by atoms with Gasteiger partial charge in [0.15, 0.2) is 0 Å². The highest BCUT2D eigenvalue weighted by Crippen LogP contribution is 2.13. The minimum Gasteiger partial charge on any atom is -0.0988 e. The first kappa shape index (κ1) is 14.4. The van der Waals surface area contributed by atoms with Gasteiger partial charge in [-0.1, -0.05) is 61.3 Å². The molecule has 0 spiro atoms. The Labute approximate surface area is 100 Å². The zero-order chi connectivity index (χ0) is 12.2. The van der Waals surface area contributed by atoms with E-state index in [1.54, 1.807) is 0 Å². The summed E-state index contributed by atoms with van der Waals surface area (Å²) in [7, 11) is 0. The van der Waals surface area contributed by atoms with Gasteiger partial charge in [0.1, 0.15) is 0 Å². The monoisotopic (exact) mass is 214 g/mol. The van der Waals surface area contributed by atoms with Gasteiger partial charge in [-0.25, -0.2) is 0 Å². The summed E-state index contributed by atoms with van der Waals surface area (Å²) in [6.45, 7) is 9.92. The van der Waals surface area contributed by atoms with Crippen molar-refractivity contribution >= 4 is 0 Å². The molecule has 0 aliphatic heterocycles. The topological polar surface area (TPSA) is 0 Å². The zero-order valence-corrected chi connectivity index (χ0v) is 10.6. The van der Waals surface area contributed by atoms with Crippen molar-refractivity contribution in [1.29, 1.82) is 0 Å². The van der Waals surface area contributed by atoms with E-state index in [9.17, 15) is 0 Å². The van der Waals surface area contributed by atoms with Crippen LogP contribution in [0.2, 0.25) is 0 Å². The van der Waals surface area contributed by atoms with Crippen LogP contribution in [0.1, 0.15) is 27.2 Å². The minimum atomic E-state index is 0.929. The summed E-state index contributed by atoms with van der Waals surface area (Å²) in [5.74, 6) is 0. The highest BCUT2D eigenvalue weighted by atomic mass is 14.0. The van der Waals surface area contributed by atoms with E-state index < -0.39 is 0 Å². The molecule has 0 heteroatoms. The first-order valence-electron chi connectivity index (χ1n) is 5.67. The van der Waals surface area contributed by atoms with Crippen LogP contribution in [0.15, 0.2) is 72.4 Å². The lowest BCUT2D eigenvalue weighted by Gasteiger charge is -2.01. The van der Waals surface area contributed by atoms with Gasteiger partial charge in [0.25, 0.3) is 0 Å². The van der Waals surface area contributed by atoms with Gasteiger partial charge in [-0.15, -0.1) is 0 Å². The average molecular weight is 214 g/mol. The maximum Gasteiger partial charge on any atom is -0.00293 e. The molecule has 86 valence electrons. The highest BCUT2D eigenvalue weighted by molar-refractivity contribution is 5.32. The van der Waals surface area contributed by atoms with Crippen molar-refractivity contribution in [1.82, 2.24) is 0 Å². The Balaban J connectivity index is 4.58. The van der Waals surface area contributed by atoms with Gasteiger partial charge in [0, 0.05) is 0 Å². The Bertz CT molecular complexity index is 333. The molecule has 0 rings (SSSR count). The summed E-state index contributed by atoms with van der Waals surface area (Å²) in [5.41, 5.74) is 2.53. The van der Waals surface area contributed by atoms with Crippen LogP contribution >= 0.6 is 0 Å². The van der Waals surface area contributed by atoms with Crippen LogP contribution in [0.5, 0.6) is 0 Å². The molecule has 0 heterocycles. The molecule has 0 aliphatic rings. The van der Waals surface area contributed by atoms with E-state index in [0.29, 0.717) is 0 Å². The molecule has 0 aromatic rings. The van der Waals surface area contributed by atoms with Crippen LogP contribution in [-0.4, -0.2) is 0 Å². The molecule has 0 saturated heterocycles. The molecular formula is C16H22. The summed E-state index contributed by atoms with van der Waals surface area (Å²) in [6, 6.07) is 0. The maximum absolute atomic E-state index is 3.83. The minimum absolute atomic E-state index is 0.929. The molecular weight excluding hydrogens is 192 g/mol. The third-order valence-corrected chi connectivity index (χ3v) is 2.16. The van der Waals surface area contributed by atoms with Crippen LogP contribution in [0.25, 0.3) is 0 Å². The normalized spacial score (nSPS) is 14.4. The summed E-state index contributed by atoms with van der Waals surface area (Å²) in [4.78, 5) is 0. The first-order chi connectivity index (χ1) is 7.78. The maximum atomic E-state index is 3.83. The van der Waals surface area contributed by atoms with Gasteiger partial charge in [-0.2, -0.15) is 0 Å². The van der Waals surface area contributed by atoms with E-state index >= 15 is 0 Å². The summed E-state index contributed by atoms with van der Waals surface area (Å²) >= 11 is 0. The Morgan fingerprint density at radius 3 is 2.12 bits per heavy atom. The average Bonchev–Trinajstić information content (AvgIpc) is 2.32. The molecule has 0 aromatic heterocycles. The van der Waals surface area contributed by atoms with Crippen LogP contribution < -0.4 is 0 Å². The van der Waals surface area contributed by atoms with Gasteiger partial charge >= 0.3 is 0 Å². The number of hydrogen-bond acceptors (Lipinski definition) is 0. The molecule has 0 aromatic carbocycles. The van der Waals surface area contributed by atoms with Crippen LogP contribution in [-0.2, 0) is 0 Å². The zero-order valence-electron chi connectivity index (χ0n) is 10.6. The molecule has 0 bridgehead atoms. The lowest BCUT2D eigenvalue weighted by atomic mass is 10.0. The third kappa shape index (κ3) is 6.83. The molecule has 0 aliphatic carbocycles. The van der Waals surface area contributed by atoms with E-state index in [2.05, 4.69) is 37.8 Å². The second-order valence-corrected chi connectivity index (χ2v) is 3.40. The predicted octanol–water partition coefficient (Wildman–Crippen LogP) is 5.14. The Hall–Kier alpha value is -1.56. The number of hydrogen-bond donors (Lipinski definition) is 0. The van der Waals surface area contributed by atoms with Gasteiger partial charge in [-0.05, 0) is 38.3 Å². The van der Waals surface area contributed by atoms with Crippen molar-refractivity contribution in [2.45, 2.75) is 27.2 Å². The quantitative estimate of drug-likeness (QED) is 0.537. The molecule has 0 amide bonds. The fourth-order valence-electron chi connectivity index (χ4n) is 1.20. The largest absolute Gasteiger partial charge is 0.0988 e. The second kappa shape index (κ2) is 9.97. The highest BCUT2D eigenvalue weighted by Gasteiger charge is 1.94. The smallest absolute Gasteiger partial charge is 0.00293 e. The van der Waals surface area contributed by atoms with Gasteiger partial charge in [-0.3, -0.25) is 0 Å². The van der Waals surface area contributed by atoms with Gasteiger partial charge in [0.2, 0.25) is 0 Å². The number of rotatable bonds is 6. The standard InChI is InChI=1S/C16H22/c1-5-9-11-13-16(8-4)14-15(7-3)12-10-6-2/h5-13H,3,14H2,1-2,4H3/b9-5-,10-6-,13-11-,15-12+,16-8+. The molecule has 0 fully saturated rings. The molecule has 0 atom stereocenters. The SMILES string of the molecule is C=C/C(=C\C=C/C)CC(/C=C\C=C/C)=C/C. The van der Waals surface area contributed by atoms with Crippen molar-refractivity contribution in [3.05, 3.63) is 72.4 Å². The molecule has 0 nitrogen and oxygen atoms in total. The molecule has 0 saturated carbocycles. The van der Waals surface area contributed by atoms with Crippen molar-refractivity contribution in [2.24, 2.45) is 0 Å². The molecule has 0 N–H and O–H groups in total. The summed E-state index contributed by atoms with van der Waals surface area (Å²) < 4.78 is 0. The van der Waals surface area contributed by atoms with E-state index in [-0.39, 0.29) is 0 Å². The lowest BCUT2D eigenvalue weighted by Crippen LogP contribution is -1.82. The van der Waals surface area contributed by atoms with Crippen molar-refractivity contribution in [3.8, 4) is 0 Å². The molecule has 0 radical (unpaired) electrons. The van der Waals surface area contributed by atoms with Crippen LogP contribution in [0.4, 0.5) is 0 Å². The summed E-state index contributed by atoms with van der Waals surface area (Å²) in [5, 5.41) is 0. The van der Waals surface area contributed by atoms with Gasteiger partial charge in [0.05, 0.1) is 0 Å². The third-order valence-electron chi connectivity index (χ3n) is 2.16. The van der Waals surface area contributed by atoms with E-state index in [4.69, 9.17) is 0 Å². The lowest BCUT2D eigenvalue weighted by molar-refractivity contribution is 1.20. The van der Waals surface area contributed by atoms with E-state index in [1.807, 2.05) is 44.2 Å².